The van der Waals surface area contributed by atoms with Crippen molar-refractivity contribution < 1.29 is 4.79 Å². The number of carbonyl (C=O) groups excluding carboxylic acids is 1. The molecule has 92 valence electrons. The maximum atomic E-state index is 12.0. The molecule has 3 nitrogen and oxygen atoms in total. The molecule has 0 aromatic carbocycles. The minimum absolute atomic E-state index is 0.172. The number of amides is 1. The minimum atomic E-state index is 0.172. The van der Waals surface area contributed by atoms with Crippen LogP contribution in [0.5, 0.6) is 0 Å². The van der Waals surface area contributed by atoms with Gasteiger partial charge in [-0.25, -0.2) is 0 Å². The van der Waals surface area contributed by atoms with Gasteiger partial charge >= 0.3 is 0 Å². The first-order valence-corrected chi connectivity index (χ1v) is 7.50. The largest absolute Gasteiger partial charge is 0.351 e. The first kappa shape index (κ1) is 12.2. The van der Waals surface area contributed by atoms with E-state index in [9.17, 15) is 4.79 Å². The molecule has 0 aromatic heterocycles. The van der Waals surface area contributed by atoms with Crippen molar-refractivity contribution in [3.8, 4) is 0 Å². The van der Waals surface area contributed by atoms with E-state index in [0.717, 1.165) is 25.0 Å². The predicted octanol–water partition coefficient (Wildman–Crippen LogP) is 1.66. The summed E-state index contributed by atoms with van der Waals surface area (Å²) >= 11 is 1.81. The van der Waals surface area contributed by atoms with E-state index in [2.05, 4.69) is 5.32 Å². The van der Waals surface area contributed by atoms with E-state index >= 15 is 0 Å². The smallest absolute Gasteiger partial charge is 0.233 e. The van der Waals surface area contributed by atoms with Crippen LogP contribution in [0.2, 0.25) is 0 Å². The average Bonchev–Trinajstić information content (AvgIpc) is 2.33. The average molecular weight is 242 g/mol. The Kier molecular flexibility index (Phi) is 4.53. The van der Waals surface area contributed by atoms with Crippen molar-refractivity contribution in [2.45, 2.75) is 62.3 Å². The molecular weight excluding hydrogens is 220 g/mol. The van der Waals surface area contributed by atoms with E-state index < -0.39 is 0 Å². The van der Waals surface area contributed by atoms with Crippen LogP contribution in [-0.4, -0.2) is 29.0 Å². The SMILES string of the molecule is NC1CCCCC1NC(=O)C1CCCCS1. The molecule has 3 unspecified atom stereocenters. The molecule has 3 N–H and O–H groups in total. The van der Waals surface area contributed by atoms with Crippen molar-refractivity contribution in [2.75, 3.05) is 5.75 Å². The Hall–Kier alpha value is -0.220. The Morgan fingerprint density at radius 3 is 2.56 bits per heavy atom. The fourth-order valence-electron chi connectivity index (χ4n) is 2.56. The van der Waals surface area contributed by atoms with Crippen LogP contribution < -0.4 is 11.1 Å². The van der Waals surface area contributed by atoms with Gasteiger partial charge in [0.05, 0.1) is 5.25 Å². The van der Waals surface area contributed by atoms with Gasteiger partial charge in [-0.2, -0.15) is 0 Å². The van der Waals surface area contributed by atoms with Crippen molar-refractivity contribution in [1.82, 2.24) is 5.32 Å². The molecule has 1 amide bonds. The zero-order valence-electron chi connectivity index (χ0n) is 9.78. The Morgan fingerprint density at radius 1 is 1.12 bits per heavy atom. The summed E-state index contributed by atoms with van der Waals surface area (Å²) in [6.07, 6.45) is 8.03. The second-order valence-electron chi connectivity index (χ2n) is 4.92. The Bertz CT molecular complexity index is 241. The summed E-state index contributed by atoms with van der Waals surface area (Å²) in [5, 5.41) is 3.34. The van der Waals surface area contributed by atoms with Crippen LogP contribution >= 0.6 is 11.8 Å². The molecule has 0 aromatic rings. The number of carbonyl (C=O) groups is 1. The van der Waals surface area contributed by atoms with Crippen LogP contribution in [0.1, 0.15) is 44.9 Å². The van der Waals surface area contributed by atoms with Crippen molar-refractivity contribution in [1.29, 1.82) is 0 Å². The lowest BCUT2D eigenvalue weighted by Gasteiger charge is -2.31. The van der Waals surface area contributed by atoms with Gasteiger partial charge in [-0.1, -0.05) is 19.3 Å². The monoisotopic (exact) mass is 242 g/mol. The van der Waals surface area contributed by atoms with E-state index in [0.29, 0.717) is 0 Å². The van der Waals surface area contributed by atoms with E-state index in [4.69, 9.17) is 5.73 Å². The summed E-state index contributed by atoms with van der Waals surface area (Å²) < 4.78 is 0. The number of hydrogen-bond acceptors (Lipinski definition) is 3. The molecule has 2 rings (SSSR count). The van der Waals surface area contributed by atoms with Crippen molar-refractivity contribution >= 4 is 17.7 Å². The zero-order valence-corrected chi connectivity index (χ0v) is 10.6. The first-order valence-electron chi connectivity index (χ1n) is 6.45. The van der Waals surface area contributed by atoms with Crippen LogP contribution in [0.4, 0.5) is 0 Å². The maximum Gasteiger partial charge on any atom is 0.233 e. The fraction of sp³-hybridized carbons (Fsp3) is 0.917. The van der Waals surface area contributed by atoms with Crippen LogP contribution in [0.3, 0.4) is 0 Å². The highest BCUT2D eigenvalue weighted by molar-refractivity contribution is 8.00. The number of thioether (sulfide) groups is 1. The number of nitrogens with two attached hydrogens (primary N) is 1. The highest BCUT2D eigenvalue weighted by Crippen LogP contribution is 2.26. The van der Waals surface area contributed by atoms with Crippen molar-refractivity contribution in [2.24, 2.45) is 5.73 Å². The van der Waals surface area contributed by atoms with Gasteiger partial charge in [0.1, 0.15) is 0 Å². The summed E-state index contributed by atoms with van der Waals surface area (Å²) in [5.41, 5.74) is 6.04. The summed E-state index contributed by atoms with van der Waals surface area (Å²) in [6, 6.07) is 0.398. The highest BCUT2D eigenvalue weighted by atomic mass is 32.2. The minimum Gasteiger partial charge on any atom is -0.351 e. The predicted molar refractivity (Wildman–Crippen MR) is 68.5 cm³/mol. The lowest BCUT2D eigenvalue weighted by atomic mass is 9.91. The molecule has 3 atom stereocenters. The quantitative estimate of drug-likeness (QED) is 0.774. The Morgan fingerprint density at radius 2 is 1.88 bits per heavy atom. The molecule has 1 heterocycles. The summed E-state index contributed by atoms with van der Waals surface area (Å²) in [4.78, 5) is 12.0. The van der Waals surface area contributed by atoms with Gasteiger partial charge in [-0.05, 0) is 31.4 Å². The lowest BCUT2D eigenvalue weighted by Crippen LogP contribution is -2.51. The third-order valence-electron chi connectivity index (χ3n) is 3.62. The lowest BCUT2D eigenvalue weighted by molar-refractivity contribution is -0.121. The summed E-state index contributed by atoms with van der Waals surface area (Å²) in [5.74, 6) is 1.36. The molecule has 1 aliphatic heterocycles. The number of nitrogens with one attached hydrogen (secondary N) is 1. The summed E-state index contributed by atoms with van der Waals surface area (Å²) in [7, 11) is 0. The molecule has 2 aliphatic rings. The fourth-order valence-corrected chi connectivity index (χ4v) is 3.77. The topological polar surface area (TPSA) is 55.1 Å². The summed E-state index contributed by atoms with van der Waals surface area (Å²) in [6.45, 7) is 0. The molecule has 4 heteroatoms. The normalized spacial score (nSPS) is 35.7. The van der Waals surface area contributed by atoms with Crippen LogP contribution in [-0.2, 0) is 4.79 Å². The van der Waals surface area contributed by atoms with Gasteiger partial charge < -0.3 is 11.1 Å². The zero-order chi connectivity index (χ0) is 11.4. The van der Waals surface area contributed by atoms with Gasteiger partial charge in [-0.3, -0.25) is 4.79 Å². The Labute approximate surface area is 102 Å². The third kappa shape index (κ3) is 3.14. The first-order chi connectivity index (χ1) is 7.77. The second kappa shape index (κ2) is 5.92. The number of rotatable bonds is 2. The van der Waals surface area contributed by atoms with Gasteiger partial charge in [0.15, 0.2) is 0 Å². The van der Waals surface area contributed by atoms with E-state index in [1.54, 1.807) is 0 Å². The molecular formula is C12H22N2OS. The van der Waals surface area contributed by atoms with E-state index in [1.165, 1.54) is 25.7 Å². The standard InChI is InChI=1S/C12H22N2OS/c13-9-5-1-2-6-10(9)14-12(15)11-7-3-4-8-16-11/h9-11H,1-8,13H2,(H,14,15). The molecule has 0 bridgehead atoms. The molecule has 1 saturated heterocycles. The molecule has 1 saturated carbocycles. The molecule has 1 aliphatic carbocycles. The van der Waals surface area contributed by atoms with Gasteiger partial charge in [0.2, 0.25) is 5.91 Å². The number of hydrogen-bond donors (Lipinski definition) is 2. The van der Waals surface area contributed by atoms with Crippen molar-refractivity contribution in [3.63, 3.8) is 0 Å². The van der Waals surface area contributed by atoms with Gasteiger partial charge in [0.25, 0.3) is 0 Å². The van der Waals surface area contributed by atoms with Gasteiger partial charge in [-0.15, -0.1) is 11.8 Å². The molecule has 0 radical (unpaired) electrons. The second-order valence-corrected chi connectivity index (χ2v) is 6.23. The third-order valence-corrected chi connectivity index (χ3v) is 5.00. The molecule has 0 spiro atoms. The maximum absolute atomic E-state index is 12.0. The van der Waals surface area contributed by atoms with Crippen LogP contribution in [0.25, 0.3) is 0 Å². The van der Waals surface area contributed by atoms with Gasteiger partial charge in [0, 0.05) is 12.1 Å². The van der Waals surface area contributed by atoms with Crippen molar-refractivity contribution in [3.05, 3.63) is 0 Å². The highest BCUT2D eigenvalue weighted by Gasteiger charge is 2.27. The Balaban J connectivity index is 1.80. The van der Waals surface area contributed by atoms with Crippen LogP contribution in [0.15, 0.2) is 0 Å². The molecule has 2 fully saturated rings. The van der Waals surface area contributed by atoms with Crippen LogP contribution in [0, 0.1) is 0 Å². The van der Waals surface area contributed by atoms with E-state index in [1.807, 2.05) is 11.8 Å². The molecule has 16 heavy (non-hydrogen) atoms. The van der Waals surface area contributed by atoms with E-state index in [-0.39, 0.29) is 23.2 Å².